The molecule has 1 amide bonds. The molecule has 0 radical (unpaired) electrons. The summed E-state index contributed by atoms with van der Waals surface area (Å²) in [5.41, 5.74) is 3.07. The van der Waals surface area contributed by atoms with Crippen LogP contribution < -0.4 is 0 Å². The van der Waals surface area contributed by atoms with Crippen molar-refractivity contribution < 1.29 is 23.9 Å². The number of esters is 2. The van der Waals surface area contributed by atoms with Crippen LogP contribution in [0.3, 0.4) is 0 Å². The second kappa shape index (κ2) is 8.78. The topological polar surface area (TPSA) is 72.9 Å². The maximum Gasteiger partial charge on any atom is 0.340 e. The van der Waals surface area contributed by atoms with Crippen LogP contribution in [0, 0.1) is 0 Å². The van der Waals surface area contributed by atoms with Gasteiger partial charge in [0.15, 0.2) is 0 Å². The van der Waals surface area contributed by atoms with Crippen LogP contribution >= 0.6 is 0 Å². The molecule has 6 heteroatoms. The number of ether oxygens (including phenoxy) is 2. The summed E-state index contributed by atoms with van der Waals surface area (Å²) in [6.07, 6.45) is 1.64. The number of amides is 1. The van der Waals surface area contributed by atoms with E-state index in [0.29, 0.717) is 16.8 Å². The van der Waals surface area contributed by atoms with Crippen LogP contribution in [0.25, 0.3) is 6.08 Å². The second-order valence-corrected chi connectivity index (χ2v) is 6.89. The first-order valence-electron chi connectivity index (χ1n) is 9.47. The molecule has 0 aliphatic carbocycles. The molecular weight excluding hydrogens is 382 g/mol. The van der Waals surface area contributed by atoms with E-state index in [1.54, 1.807) is 42.2 Å². The summed E-state index contributed by atoms with van der Waals surface area (Å²) < 4.78 is 9.64. The van der Waals surface area contributed by atoms with Crippen LogP contribution in [0.5, 0.6) is 0 Å². The lowest BCUT2D eigenvalue weighted by Gasteiger charge is -2.26. The molecule has 0 saturated carbocycles. The van der Waals surface area contributed by atoms with Gasteiger partial charge in [-0.05, 0) is 43.2 Å². The molecule has 0 bridgehead atoms. The Kier molecular flexibility index (Phi) is 6.16. The van der Waals surface area contributed by atoms with Gasteiger partial charge in [-0.2, -0.15) is 0 Å². The smallest absolute Gasteiger partial charge is 0.340 e. The molecule has 1 atom stereocenters. The molecule has 0 aromatic heterocycles. The summed E-state index contributed by atoms with van der Waals surface area (Å²) in [5.74, 6) is -1.29. The van der Waals surface area contributed by atoms with Crippen molar-refractivity contribution in [2.45, 2.75) is 19.9 Å². The molecule has 2 aromatic rings. The number of hydrogen-bond donors (Lipinski definition) is 0. The summed E-state index contributed by atoms with van der Waals surface area (Å²) in [5, 5.41) is 0. The van der Waals surface area contributed by atoms with Crippen molar-refractivity contribution in [3.63, 3.8) is 0 Å². The van der Waals surface area contributed by atoms with E-state index in [4.69, 9.17) is 9.47 Å². The van der Waals surface area contributed by atoms with Crippen LogP contribution in [0.2, 0.25) is 0 Å². The van der Waals surface area contributed by atoms with E-state index in [-0.39, 0.29) is 23.1 Å². The zero-order chi connectivity index (χ0) is 21.8. The Balaban J connectivity index is 2.03. The molecule has 0 spiro atoms. The fourth-order valence-electron chi connectivity index (χ4n) is 3.54. The molecule has 3 rings (SSSR count). The Morgan fingerprint density at radius 3 is 2.10 bits per heavy atom. The van der Waals surface area contributed by atoms with Gasteiger partial charge in [0.05, 0.1) is 37.0 Å². The Bertz CT molecular complexity index is 1040. The SMILES string of the molecule is COC(=O)C1=C(C)N(C(C)c2ccccc2)C(=O)/C1=C\c1ccc(C(=O)OC)cc1. The minimum atomic E-state index is -0.568. The van der Waals surface area contributed by atoms with Crippen molar-refractivity contribution in [3.05, 3.63) is 88.1 Å². The number of benzene rings is 2. The van der Waals surface area contributed by atoms with Crippen molar-refractivity contribution in [1.29, 1.82) is 0 Å². The molecule has 2 aromatic carbocycles. The van der Waals surface area contributed by atoms with E-state index >= 15 is 0 Å². The molecule has 1 unspecified atom stereocenters. The van der Waals surface area contributed by atoms with Crippen LogP contribution in [-0.2, 0) is 19.1 Å². The molecule has 154 valence electrons. The highest BCUT2D eigenvalue weighted by atomic mass is 16.5. The first-order valence-corrected chi connectivity index (χ1v) is 9.47. The Hall–Kier alpha value is -3.67. The van der Waals surface area contributed by atoms with Crippen molar-refractivity contribution in [3.8, 4) is 0 Å². The number of nitrogens with zero attached hydrogens (tertiary/aromatic N) is 1. The Labute approximate surface area is 175 Å². The van der Waals surface area contributed by atoms with Crippen LogP contribution in [0.4, 0.5) is 0 Å². The lowest BCUT2D eigenvalue weighted by Crippen LogP contribution is -2.28. The number of carbonyl (C=O) groups excluding carboxylic acids is 3. The summed E-state index contributed by atoms with van der Waals surface area (Å²) in [6, 6.07) is 16.0. The minimum Gasteiger partial charge on any atom is -0.465 e. The van der Waals surface area contributed by atoms with E-state index in [1.807, 2.05) is 37.3 Å². The molecule has 1 aliphatic heterocycles. The van der Waals surface area contributed by atoms with Crippen LogP contribution in [0.1, 0.15) is 41.4 Å². The second-order valence-electron chi connectivity index (χ2n) is 6.89. The highest BCUT2D eigenvalue weighted by Crippen LogP contribution is 2.37. The van der Waals surface area contributed by atoms with Crippen molar-refractivity contribution >= 4 is 23.9 Å². The molecule has 6 nitrogen and oxygen atoms in total. The molecule has 0 fully saturated rings. The van der Waals surface area contributed by atoms with Crippen LogP contribution in [-0.4, -0.2) is 37.0 Å². The molecule has 1 aliphatic rings. The molecular formula is C24H23NO5. The van der Waals surface area contributed by atoms with Gasteiger partial charge in [-0.15, -0.1) is 0 Å². The van der Waals surface area contributed by atoms with E-state index in [2.05, 4.69) is 0 Å². The zero-order valence-electron chi connectivity index (χ0n) is 17.3. The van der Waals surface area contributed by atoms with Crippen molar-refractivity contribution in [1.82, 2.24) is 4.90 Å². The first-order chi connectivity index (χ1) is 14.4. The van der Waals surface area contributed by atoms with E-state index in [0.717, 1.165) is 5.56 Å². The lowest BCUT2D eigenvalue weighted by atomic mass is 10.0. The average Bonchev–Trinajstić information content (AvgIpc) is 3.02. The molecule has 0 saturated heterocycles. The van der Waals surface area contributed by atoms with Gasteiger partial charge in [0.1, 0.15) is 0 Å². The van der Waals surface area contributed by atoms with E-state index in [9.17, 15) is 14.4 Å². The van der Waals surface area contributed by atoms with Gasteiger partial charge < -0.3 is 14.4 Å². The van der Waals surface area contributed by atoms with E-state index in [1.165, 1.54) is 14.2 Å². The summed E-state index contributed by atoms with van der Waals surface area (Å²) in [6.45, 7) is 3.66. The third kappa shape index (κ3) is 3.89. The zero-order valence-corrected chi connectivity index (χ0v) is 17.3. The normalized spacial score (nSPS) is 16.1. The summed E-state index contributed by atoms with van der Waals surface area (Å²) in [4.78, 5) is 39.1. The number of allylic oxidation sites excluding steroid dienone is 1. The van der Waals surface area contributed by atoms with Gasteiger partial charge >= 0.3 is 11.9 Å². The number of rotatable bonds is 5. The largest absolute Gasteiger partial charge is 0.465 e. The van der Waals surface area contributed by atoms with Crippen LogP contribution in [0.15, 0.2) is 71.4 Å². The summed E-state index contributed by atoms with van der Waals surface area (Å²) in [7, 11) is 2.60. The third-order valence-electron chi connectivity index (χ3n) is 5.14. The van der Waals surface area contributed by atoms with E-state index < -0.39 is 11.9 Å². The van der Waals surface area contributed by atoms with Gasteiger partial charge in [0.2, 0.25) is 0 Å². The van der Waals surface area contributed by atoms with Gasteiger partial charge in [0, 0.05) is 5.70 Å². The minimum absolute atomic E-state index is 0.238. The number of methoxy groups -OCH3 is 2. The molecule has 0 N–H and O–H groups in total. The fourth-order valence-corrected chi connectivity index (χ4v) is 3.54. The van der Waals surface area contributed by atoms with Crippen molar-refractivity contribution in [2.24, 2.45) is 0 Å². The lowest BCUT2D eigenvalue weighted by molar-refractivity contribution is -0.136. The van der Waals surface area contributed by atoms with Gasteiger partial charge in [-0.3, -0.25) is 4.79 Å². The van der Waals surface area contributed by atoms with Gasteiger partial charge in [-0.25, -0.2) is 9.59 Å². The average molecular weight is 405 g/mol. The fraction of sp³-hybridized carbons (Fsp3) is 0.208. The van der Waals surface area contributed by atoms with Gasteiger partial charge in [0.25, 0.3) is 5.91 Å². The first kappa shape index (κ1) is 21.0. The standard InChI is InChI=1S/C24H23NO5/c1-15(18-8-6-5-7-9-18)25-16(2)21(24(28)30-4)20(22(25)26)14-17-10-12-19(13-11-17)23(27)29-3/h5-15H,1-4H3/b20-14-. The number of hydrogen-bond acceptors (Lipinski definition) is 5. The van der Waals surface area contributed by atoms with Crippen molar-refractivity contribution in [2.75, 3.05) is 14.2 Å². The Morgan fingerprint density at radius 1 is 0.933 bits per heavy atom. The Morgan fingerprint density at radius 2 is 1.53 bits per heavy atom. The maximum atomic E-state index is 13.3. The third-order valence-corrected chi connectivity index (χ3v) is 5.14. The summed E-state index contributed by atoms with van der Waals surface area (Å²) >= 11 is 0. The molecule has 30 heavy (non-hydrogen) atoms. The number of carbonyl (C=O) groups is 3. The maximum absolute atomic E-state index is 13.3. The molecule has 1 heterocycles. The monoisotopic (exact) mass is 405 g/mol. The predicted molar refractivity (Wildman–Crippen MR) is 112 cm³/mol. The highest BCUT2D eigenvalue weighted by Gasteiger charge is 2.39. The predicted octanol–water partition coefficient (Wildman–Crippen LogP) is 3.91. The van der Waals surface area contributed by atoms with Gasteiger partial charge in [-0.1, -0.05) is 42.5 Å². The quantitative estimate of drug-likeness (QED) is 0.557. The highest BCUT2D eigenvalue weighted by molar-refractivity contribution is 6.16.